The molecule has 1 saturated heterocycles. The van der Waals surface area contributed by atoms with E-state index in [1.807, 2.05) is 18.3 Å². The SMILES string of the molecule is O=C(CC1CCNCC1)NCCc1cccnc1. The van der Waals surface area contributed by atoms with E-state index in [0.29, 0.717) is 18.9 Å². The first kappa shape index (κ1) is 13.0. The fourth-order valence-electron chi connectivity index (χ4n) is 2.31. The average Bonchev–Trinajstić information content (AvgIpc) is 2.41. The van der Waals surface area contributed by atoms with Crippen molar-refractivity contribution in [1.29, 1.82) is 0 Å². The average molecular weight is 247 g/mol. The quantitative estimate of drug-likeness (QED) is 0.820. The van der Waals surface area contributed by atoms with Crippen molar-refractivity contribution in [2.45, 2.75) is 25.7 Å². The minimum absolute atomic E-state index is 0.186. The normalized spacial score (nSPS) is 16.4. The standard InChI is InChI=1S/C14H21N3O/c18-14(10-12-3-7-15-8-4-12)17-9-5-13-2-1-6-16-11-13/h1-2,6,11-12,15H,3-5,7-10H2,(H,17,18). The molecule has 0 aromatic carbocycles. The van der Waals surface area contributed by atoms with Crippen LogP contribution in [0.3, 0.4) is 0 Å². The molecule has 4 nitrogen and oxygen atoms in total. The number of hydrogen-bond acceptors (Lipinski definition) is 3. The fraction of sp³-hybridized carbons (Fsp3) is 0.571. The van der Waals surface area contributed by atoms with Gasteiger partial charge in [0.25, 0.3) is 0 Å². The van der Waals surface area contributed by atoms with E-state index in [1.54, 1.807) is 6.20 Å². The molecule has 1 aliphatic heterocycles. The predicted octanol–water partition coefficient (Wildman–Crippen LogP) is 1.13. The fourth-order valence-corrected chi connectivity index (χ4v) is 2.31. The van der Waals surface area contributed by atoms with Gasteiger partial charge in [-0.05, 0) is 49.9 Å². The zero-order valence-electron chi connectivity index (χ0n) is 10.7. The van der Waals surface area contributed by atoms with Crippen LogP contribution in [0.25, 0.3) is 0 Å². The summed E-state index contributed by atoms with van der Waals surface area (Å²) < 4.78 is 0. The second-order valence-corrected chi connectivity index (χ2v) is 4.86. The topological polar surface area (TPSA) is 54.0 Å². The molecule has 18 heavy (non-hydrogen) atoms. The Bertz CT molecular complexity index is 361. The van der Waals surface area contributed by atoms with Gasteiger partial charge in [-0.1, -0.05) is 6.07 Å². The Labute approximate surface area is 108 Å². The Morgan fingerprint density at radius 3 is 3.00 bits per heavy atom. The van der Waals surface area contributed by atoms with Crippen molar-refractivity contribution in [2.75, 3.05) is 19.6 Å². The Hall–Kier alpha value is -1.42. The summed E-state index contributed by atoms with van der Waals surface area (Å²) >= 11 is 0. The first-order valence-corrected chi connectivity index (χ1v) is 6.71. The minimum Gasteiger partial charge on any atom is -0.356 e. The van der Waals surface area contributed by atoms with Gasteiger partial charge in [-0.25, -0.2) is 0 Å². The lowest BCUT2D eigenvalue weighted by Gasteiger charge is -2.21. The van der Waals surface area contributed by atoms with Gasteiger partial charge in [-0.2, -0.15) is 0 Å². The van der Waals surface area contributed by atoms with E-state index >= 15 is 0 Å². The van der Waals surface area contributed by atoms with Gasteiger partial charge in [0, 0.05) is 25.4 Å². The van der Waals surface area contributed by atoms with Gasteiger partial charge < -0.3 is 10.6 Å². The van der Waals surface area contributed by atoms with Crippen molar-refractivity contribution in [3.05, 3.63) is 30.1 Å². The number of carbonyl (C=O) groups is 1. The molecule has 98 valence electrons. The van der Waals surface area contributed by atoms with Crippen LogP contribution in [0, 0.1) is 5.92 Å². The number of nitrogens with zero attached hydrogens (tertiary/aromatic N) is 1. The maximum atomic E-state index is 11.8. The van der Waals surface area contributed by atoms with Gasteiger partial charge in [0.05, 0.1) is 0 Å². The summed E-state index contributed by atoms with van der Waals surface area (Å²) in [6.07, 6.45) is 7.38. The summed E-state index contributed by atoms with van der Waals surface area (Å²) in [4.78, 5) is 15.8. The molecule has 1 amide bonds. The molecule has 4 heteroatoms. The molecule has 0 spiro atoms. The van der Waals surface area contributed by atoms with Gasteiger partial charge in [-0.15, -0.1) is 0 Å². The van der Waals surface area contributed by atoms with Crippen molar-refractivity contribution < 1.29 is 4.79 Å². The highest BCUT2D eigenvalue weighted by Gasteiger charge is 2.16. The largest absolute Gasteiger partial charge is 0.356 e. The number of pyridine rings is 1. The molecule has 0 atom stereocenters. The molecule has 0 bridgehead atoms. The maximum Gasteiger partial charge on any atom is 0.220 e. The Balaban J connectivity index is 1.62. The number of rotatable bonds is 5. The van der Waals surface area contributed by atoms with E-state index in [9.17, 15) is 4.79 Å². The predicted molar refractivity (Wildman–Crippen MR) is 71.2 cm³/mol. The van der Waals surface area contributed by atoms with E-state index in [-0.39, 0.29) is 5.91 Å². The molecule has 0 unspecified atom stereocenters. The summed E-state index contributed by atoms with van der Waals surface area (Å²) in [6, 6.07) is 3.96. The smallest absolute Gasteiger partial charge is 0.220 e. The lowest BCUT2D eigenvalue weighted by Crippen LogP contribution is -2.33. The van der Waals surface area contributed by atoms with Crippen LogP contribution in [-0.4, -0.2) is 30.5 Å². The second-order valence-electron chi connectivity index (χ2n) is 4.86. The molecule has 1 aromatic rings. The van der Waals surface area contributed by atoms with Gasteiger partial charge in [0.1, 0.15) is 0 Å². The monoisotopic (exact) mass is 247 g/mol. The first-order chi connectivity index (χ1) is 8.84. The van der Waals surface area contributed by atoms with Gasteiger partial charge in [0.15, 0.2) is 0 Å². The summed E-state index contributed by atoms with van der Waals surface area (Å²) in [6.45, 7) is 2.80. The van der Waals surface area contributed by atoms with Gasteiger partial charge >= 0.3 is 0 Å². The number of hydrogen-bond donors (Lipinski definition) is 2. The van der Waals surface area contributed by atoms with Crippen molar-refractivity contribution >= 4 is 5.91 Å². The van der Waals surface area contributed by atoms with Crippen LogP contribution in [0.15, 0.2) is 24.5 Å². The van der Waals surface area contributed by atoms with Crippen molar-refractivity contribution in [3.8, 4) is 0 Å². The number of carbonyl (C=O) groups excluding carboxylic acids is 1. The Morgan fingerprint density at radius 2 is 2.28 bits per heavy atom. The zero-order valence-corrected chi connectivity index (χ0v) is 10.7. The highest BCUT2D eigenvalue weighted by molar-refractivity contribution is 5.76. The lowest BCUT2D eigenvalue weighted by atomic mass is 9.94. The van der Waals surface area contributed by atoms with Crippen LogP contribution < -0.4 is 10.6 Å². The van der Waals surface area contributed by atoms with Crippen LogP contribution in [0.4, 0.5) is 0 Å². The van der Waals surface area contributed by atoms with Crippen LogP contribution in [0.2, 0.25) is 0 Å². The molecule has 2 rings (SSSR count). The van der Waals surface area contributed by atoms with E-state index < -0.39 is 0 Å². The third-order valence-corrected chi connectivity index (χ3v) is 3.39. The van der Waals surface area contributed by atoms with E-state index in [1.165, 1.54) is 5.56 Å². The van der Waals surface area contributed by atoms with E-state index in [2.05, 4.69) is 15.6 Å². The van der Waals surface area contributed by atoms with Crippen molar-refractivity contribution in [2.24, 2.45) is 5.92 Å². The van der Waals surface area contributed by atoms with Crippen molar-refractivity contribution in [1.82, 2.24) is 15.6 Å². The minimum atomic E-state index is 0.186. The summed E-state index contributed by atoms with van der Waals surface area (Å²) in [7, 11) is 0. The summed E-state index contributed by atoms with van der Waals surface area (Å²) in [5.41, 5.74) is 1.17. The number of aromatic nitrogens is 1. The molecule has 0 aliphatic carbocycles. The Kier molecular flexibility index (Phi) is 5.15. The molecule has 2 N–H and O–H groups in total. The van der Waals surface area contributed by atoms with E-state index in [4.69, 9.17) is 0 Å². The van der Waals surface area contributed by atoms with Crippen LogP contribution in [0.5, 0.6) is 0 Å². The summed E-state index contributed by atoms with van der Waals surface area (Å²) in [5, 5.41) is 6.31. The summed E-state index contributed by atoms with van der Waals surface area (Å²) in [5.74, 6) is 0.746. The van der Waals surface area contributed by atoms with Gasteiger partial charge in [0.2, 0.25) is 5.91 Å². The second kappa shape index (κ2) is 7.11. The first-order valence-electron chi connectivity index (χ1n) is 6.71. The molecular weight excluding hydrogens is 226 g/mol. The van der Waals surface area contributed by atoms with Crippen LogP contribution in [0.1, 0.15) is 24.8 Å². The maximum absolute atomic E-state index is 11.8. The molecule has 0 saturated carbocycles. The van der Waals surface area contributed by atoms with Crippen LogP contribution in [-0.2, 0) is 11.2 Å². The highest BCUT2D eigenvalue weighted by atomic mass is 16.1. The van der Waals surface area contributed by atoms with E-state index in [0.717, 1.165) is 32.4 Å². The zero-order chi connectivity index (χ0) is 12.6. The third kappa shape index (κ3) is 4.45. The molecular formula is C14H21N3O. The molecule has 1 fully saturated rings. The number of nitrogens with one attached hydrogen (secondary N) is 2. The Morgan fingerprint density at radius 1 is 1.44 bits per heavy atom. The van der Waals surface area contributed by atoms with Crippen molar-refractivity contribution in [3.63, 3.8) is 0 Å². The van der Waals surface area contributed by atoms with Crippen LogP contribution >= 0.6 is 0 Å². The molecule has 1 aromatic heterocycles. The van der Waals surface area contributed by atoms with Gasteiger partial charge in [-0.3, -0.25) is 9.78 Å². The molecule has 0 radical (unpaired) electrons. The lowest BCUT2D eigenvalue weighted by molar-refractivity contribution is -0.122. The number of piperidine rings is 1. The third-order valence-electron chi connectivity index (χ3n) is 3.39. The number of amides is 1. The molecule has 1 aliphatic rings. The highest BCUT2D eigenvalue weighted by Crippen LogP contribution is 2.15. The molecule has 2 heterocycles.